The third-order valence-electron chi connectivity index (χ3n) is 8.74. The van der Waals surface area contributed by atoms with Gasteiger partial charge in [0.15, 0.2) is 0 Å². The van der Waals surface area contributed by atoms with Crippen molar-refractivity contribution in [2.24, 2.45) is 11.8 Å². The maximum atomic E-state index is 13.3. The summed E-state index contributed by atoms with van der Waals surface area (Å²) in [6.07, 6.45) is 7.58. The molecule has 5 rings (SSSR count). The number of fused-ring (bicyclic) bond motifs is 2. The molecule has 0 N–H and O–H groups in total. The fourth-order valence-corrected chi connectivity index (χ4v) is 8.05. The van der Waals surface area contributed by atoms with Crippen molar-refractivity contribution in [3.05, 3.63) is 60.7 Å². The highest BCUT2D eigenvalue weighted by atomic mass is 79.9. The van der Waals surface area contributed by atoms with E-state index in [1.165, 1.54) is 21.6 Å². The van der Waals surface area contributed by atoms with Crippen molar-refractivity contribution in [2.75, 3.05) is 40.3 Å². The Morgan fingerprint density at radius 2 is 1.60 bits per heavy atom. The summed E-state index contributed by atoms with van der Waals surface area (Å²) >= 11 is 13.9. The lowest BCUT2D eigenvalue weighted by molar-refractivity contribution is -0.151. The van der Waals surface area contributed by atoms with E-state index in [1.54, 1.807) is 19.0 Å². The monoisotopic (exact) mass is 692 g/mol. The van der Waals surface area contributed by atoms with Gasteiger partial charge in [0, 0.05) is 72.8 Å². The van der Waals surface area contributed by atoms with Gasteiger partial charge in [0.2, 0.25) is 5.91 Å². The highest BCUT2D eigenvalue weighted by Gasteiger charge is 2.37. The summed E-state index contributed by atoms with van der Waals surface area (Å²) in [5.41, 5.74) is 4.98. The maximum Gasteiger partial charge on any atom is 0.312 e. The van der Waals surface area contributed by atoms with Crippen LogP contribution in [0.5, 0.6) is 0 Å². The number of piperidine rings is 2. The molecule has 0 unspecified atom stereocenters. The van der Waals surface area contributed by atoms with Gasteiger partial charge in [0.1, 0.15) is 0 Å². The number of hydrogen-bond donors (Lipinski definition) is 0. The summed E-state index contributed by atoms with van der Waals surface area (Å²) in [5, 5.41) is 0.740. The molecule has 1 aromatic carbocycles. The summed E-state index contributed by atoms with van der Waals surface area (Å²) in [6, 6.07) is 6.29. The van der Waals surface area contributed by atoms with E-state index in [-0.39, 0.29) is 17.7 Å². The van der Waals surface area contributed by atoms with Gasteiger partial charge in [0.25, 0.3) is 0 Å². The fourth-order valence-electron chi connectivity index (χ4n) is 6.56. The van der Waals surface area contributed by atoms with Gasteiger partial charge < -0.3 is 14.7 Å². The average Bonchev–Trinajstić information content (AvgIpc) is 3.09. The number of hydrogen-bond acceptors (Lipinski definition) is 4. The molecule has 3 heterocycles. The second-order valence-electron chi connectivity index (χ2n) is 11.5. The second-order valence-corrected chi connectivity index (χ2v) is 13.7. The molecule has 2 saturated heterocycles. The standard InChI is InChI=1S/C30H35Br2ClN4O3/c1-35(2)29(39)30(40)37-9-5-18(6-10-37)13-25(38)36-11-7-19(8-12-36)27-26-20(15-23(33)16-24(26)32)3-4-21-14-22(31)17-34-28(21)27/h14-19,27H,3-13H2,1-2H3/t27-/m1/s1. The molecule has 1 aliphatic carbocycles. The first-order chi connectivity index (χ1) is 19.1. The van der Waals surface area contributed by atoms with Crippen LogP contribution in [0.1, 0.15) is 60.4 Å². The van der Waals surface area contributed by atoms with E-state index < -0.39 is 11.8 Å². The number of likely N-dealkylation sites (N-methyl/N-ethyl adjacent to an activating group) is 1. The molecule has 2 aliphatic heterocycles. The Morgan fingerprint density at radius 1 is 0.950 bits per heavy atom. The normalized spacial score (nSPS) is 20.0. The molecule has 1 atom stereocenters. The zero-order chi connectivity index (χ0) is 28.6. The van der Waals surface area contributed by atoms with Gasteiger partial charge in [-0.2, -0.15) is 0 Å². The smallest absolute Gasteiger partial charge is 0.312 e. The zero-order valence-electron chi connectivity index (χ0n) is 23.0. The number of likely N-dealkylation sites (tertiary alicyclic amines) is 2. The van der Waals surface area contributed by atoms with E-state index in [4.69, 9.17) is 16.6 Å². The quantitative estimate of drug-likeness (QED) is 0.401. The van der Waals surface area contributed by atoms with Crippen LogP contribution in [-0.2, 0) is 27.2 Å². The number of carbonyl (C=O) groups is 3. The summed E-state index contributed by atoms with van der Waals surface area (Å²) in [6.45, 7) is 2.53. The summed E-state index contributed by atoms with van der Waals surface area (Å²) < 4.78 is 2.03. The minimum atomic E-state index is -0.491. The van der Waals surface area contributed by atoms with Crippen LogP contribution in [0.2, 0.25) is 5.02 Å². The third kappa shape index (κ3) is 6.26. The van der Waals surface area contributed by atoms with E-state index in [0.29, 0.717) is 25.4 Å². The molecule has 10 heteroatoms. The molecule has 3 aliphatic rings. The number of aromatic nitrogens is 1. The molecule has 1 aromatic heterocycles. The summed E-state index contributed by atoms with van der Waals surface area (Å²) in [4.78, 5) is 47.5. The van der Waals surface area contributed by atoms with Crippen LogP contribution in [0.15, 0.2) is 33.3 Å². The van der Waals surface area contributed by atoms with Gasteiger partial charge >= 0.3 is 11.8 Å². The van der Waals surface area contributed by atoms with Crippen molar-refractivity contribution in [1.29, 1.82) is 0 Å². The van der Waals surface area contributed by atoms with Crippen LogP contribution in [0.3, 0.4) is 0 Å². The van der Waals surface area contributed by atoms with Crippen LogP contribution in [0, 0.1) is 11.8 Å². The minimum absolute atomic E-state index is 0.149. The van der Waals surface area contributed by atoms with Crippen LogP contribution in [0.4, 0.5) is 0 Å². The minimum Gasteiger partial charge on any atom is -0.343 e. The van der Waals surface area contributed by atoms with E-state index in [0.717, 1.165) is 71.3 Å². The van der Waals surface area contributed by atoms with Crippen molar-refractivity contribution < 1.29 is 14.4 Å². The SMILES string of the molecule is CN(C)C(=O)C(=O)N1CCC(CC(=O)N2CCC([C@H]3c4ncc(Br)cc4CCc4cc(Cl)cc(Br)c43)CC2)CC1. The van der Waals surface area contributed by atoms with Crippen molar-refractivity contribution in [3.63, 3.8) is 0 Å². The Morgan fingerprint density at radius 3 is 2.27 bits per heavy atom. The number of pyridine rings is 1. The molecular formula is C30H35Br2ClN4O3. The van der Waals surface area contributed by atoms with Crippen molar-refractivity contribution >= 4 is 61.2 Å². The fraction of sp³-hybridized carbons (Fsp3) is 0.533. The molecule has 3 amide bonds. The van der Waals surface area contributed by atoms with Crippen molar-refractivity contribution in [2.45, 2.75) is 50.9 Å². The predicted molar refractivity (Wildman–Crippen MR) is 162 cm³/mol. The van der Waals surface area contributed by atoms with Crippen LogP contribution >= 0.6 is 43.5 Å². The molecular weight excluding hydrogens is 660 g/mol. The average molecular weight is 695 g/mol. The lowest BCUT2D eigenvalue weighted by atomic mass is 9.76. The number of nitrogens with zero attached hydrogens (tertiary/aromatic N) is 4. The Labute approximate surface area is 257 Å². The molecule has 40 heavy (non-hydrogen) atoms. The van der Waals surface area contributed by atoms with Gasteiger partial charge in [-0.3, -0.25) is 19.4 Å². The lowest BCUT2D eigenvalue weighted by Gasteiger charge is -2.38. The predicted octanol–water partition coefficient (Wildman–Crippen LogP) is 5.45. The Hall–Kier alpha value is -1.97. The van der Waals surface area contributed by atoms with Gasteiger partial charge in [-0.05, 0) is 101 Å². The molecule has 0 spiro atoms. The first kappa shape index (κ1) is 29.5. The molecule has 0 radical (unpaired) electrons. The molecule has 214 valence electrons. The summed E-state index contributed by atoms with van der Waals surface area (Å²) in [7, 11) is 3.18. The van der Waals surface area contributed by atoms with Gasteiger partial charge in [-0.1, -0.05) is 27.5 Å². The van der Waals surface area contributed by atoms with Crippen LogP contribution < -0.4 is 0 Å². The zero-order valence-corrected chi connectivity index (χ0v) is 26.9. The van der Waals surface area contributed by atoms with Gasteiger partial charge in [0.05, 0.1) is 5.69 Å². The van der Waals surface area contributed by atoms with Crippen LogP contribution in [-0.4, -0.2) is 77.7 Å². The number of aryl methyl sites for hydroxylation is 2. The first-order valence-corrected chi connectivity index (χ1v) is 16.0. The largest absolute Gasteiger partial charge is 0.343 e. The van der Waals surface area contributed by atoms with E-state index in [9.17, 15) is 14.4 Å². The number of halogens is 3. The topological polar surface area (TPSA) is 73.8 Å². The van der Waals surface area contributed by atoms with E-state index >= 15 is 0 Å². The lowest BCUT2D eigenvalue weighted by Crippen LogP contribution is -2.47. The highest BCUT2D eigenvalue weighted by molar-refractivity contribution is 9.10. The Balaban J connectivity index is 1.23. The number of amides is 3. The second kappa shape index (κ2) is 12.5. The number of benzene rings is 1. The number of carbonyl (C=O) groups excluding carboxylic acids is 3. The summed E-state index contributed by atoms with van der Waals surface area (Å²) in [5.74, 6) is 0.0195. The maximum absolute atomic E-state index is 13.3. The van der Waals surface area contributed by atoms with Crippen LogP contribution in [0.25, 0.3) is 0 Å². The van der Waals surface area contributed by atoms with E-state index in [2.05, 4.69) is 44.0 Å². The molecule has 0 saturated carbocycles. The molecule has 0 bridgehead atoms. The number of rotatable bonds is 3. The highest BCUT2D eigenvalue weighted by Crippen LogP contribution is 2.46. The third-order valence-corrected chi connectivity index (χ3v) is 10.0. The Bertz CT molecular complexity index is 1300. The Kier molecular flexibility index (Phi) is 9.22. The van der Waals surface area contributed by atoms with Crippen molar-refractivity contribution in [3.8, 4) is 0 Å². The first-order valence-electron chi connectivity index (χ1n) is 14.0. The van der Waals surface area contributed by atoms with Gasteiger partial charge in [-0.15, -0.1) is 0 Å². The molecule has 7 nitrogen and oxygen atoms in total. The van der Waals surface area contributed by atoms with Crippen molar-refractivity contribution in [1.82, 2.24) is 19.7 Å². The van der Waals surface area contributed by atoms with Gasteiger partial charge in [-0.25, -0.2) is 0 Å². The van der Waals surface area contributed by atoms with E-state index in [1.807, 2.05) is 17.2 Å². The molecule has 2 aromatic rings. The molecule has 2 fully saturated rings.